The Morgan fingerprint density at radius 2 is 1.75 bits per heavy atom. The quantitative estimate of drug-likeness (QED) is 0.829. The third-order valence-electron chi connectivity index (χ3n) is 5.55. The zero-order valence-corrected chi connectivity index (χ0v) is 15.5. The molecule has 2 aliphatic rings. The van der Waals surface area contributed by atoms with Crippen molar-refractivity contribution in [1.29, 1.82) is 0 Å². The number of ether oxygens (including phenoxy) is 2. The standard InChI is InChI=1S/C22H23NO5/c24-21(25)20(14-6-5-11-27-12-14)23-22(26)28-13-19-17-9-3-1-7-15(17)16-8-2-4-10-18(16)19/h1-4,7-10,14,19-20H,5-6,11-13H2,(H,23,26)(H,24,25). The van der Waals surface area contributed by atoms with Gasteiger partial charge in [0.25, 0.3) is 0 Å². The van der Waals surface area contributed by atoms with Gasteiger partial charge < -0.3 is 19.9 Å². The van der Waals surface area contributed by atoms with Crippen LogP contribution in [0.25, 0.3) is 11.1 Å². The Labute approximate surface area is 163 Å². The highest BCUT2D eigenvalue weighted by molar-refractivity contribution is 5.81. The minimum atomic E-state index is -1.07. The molecule has 4 rings (SSSR count). The minimum absolute atomic E-state index is 0.0561. The molecule has 0 aromatic heterocycles. The molecule has 2 aromatic carbocycles. The van der Waals surface area contributed by atoms with Gasteiger partial charge in [0.2, 0.25) is 0 Å². The molecule has 6 nitrogen and oxygen atoms in total. The van der Waals surface area contributed by atoms with Crippen LogP contribution in [0.4, 0.5) is 4.79 Å². The Morgan fingerprint density at radius 1 is 1.11 bits per heavy atom. The van der Waals surface area contributed by atoms with Gasteiger partial charge in [-0.25, -0.2) is 9.59 Å². The molecule has 28 heavy (non-hydrogen) atoms. The number of benzene rings is 2. The number of alkyl carbamates (subject to hydrolysis) is 1. The minimum Gasteiger partial charge on any atom is -0.480 e. The maximum absolute atomic E-state index is 12.3. The van der Waals surface area contributed by atoms with Gasteiger partial charge in [-0.05, 0) is 35.1 Å². The second-order valence-corrected chi connectivity index (χ2v) is 7.26. The van der Waals surface area contributed by atoms with Crippen molar-refractivity contribution in [3.63, 3.8) is 0 Å². The van der Waals surface area contributed by atoms with E-state index in [0.29, 0.717) is 19.6 Å². The molecule has 1 aliphatic heterocycles. The topological polar surface area (TPSA) is 84.9 Å². The molecule has 1 fully saturated rings. The first-order chi connectivity index (χ1) is 13.6. The molecule has 1 aliphatic carbocycles. The largest absolute Gasteiger partial charge is 0.480 e. The van der Waals surface area contributed by atoms with E-state index in [4.69, 9.17) is 9.47 Å². The predicted octanol–water partition coefficient (Wildman–Crippen LogP) is 3.40. The Morgan fingerprint density at radius 3 is 2.32 bits per heavy atom. The fourth-order valence-corrected chi connectivity index (χ4v) is 4.18. The molecule has 1 heterocycles. The monoisotopic (exact) mass is 381 g/mol. The molecule has 0 spiro atoms. The molecule has 6 heteroatoms. The summed E-state index contributed by atoms with van der Waals surface area (Å²) in [5.74, 6) is -1.37. The van der Waals surface area contributed by atoms with Crippen LogP contribution in [0.3, 0.4) is 0 Å². The molecule has 0 radical (unpaired) electrons. The SMILES string of the molecule is O=C(NC(C(=O)O)C1CCCOC1)OCC1c2ccccc2-c2ccccc21. The first-order valence-electron chi connectivity index (χ1n) is 9.57. The van der Waals surface area contributed by atoms with E-state index in [9.17, 15) is 14.7 Å². The first-order valence-corrected chi connectivity index (χ1v) is 9.57. The van der Waals surface area contributed by atoms with Gasteiger partial charge in [0.15, 0.2) is 0 Å². The van der Waals surface area contributed by atoms with E-state index < -0.39 is 18.1 Å². The van der Waals surface area contributed by atoms with Crippen LogP contribution in [0.2, 0.25) is 0 Å². The molecule has 146 valence electrons. The molecular weight excluding hydrogens is 358 g/mol. The van der Waals surface area contributed by atoms with Crippen molar-refractivity contribution < 1.29 is 24.2 Å². The summed E-state index contributed by atoms with van der Waals surface area (Å²) in [7, 11) is 0. The normalized spacial score (nSPS) is 19.4. The fourth-order valence-electron chi connectivity index (χ4n) is 4.18. The Hall–Kier alpha value is -2.86. The Balaban J connectivity index is 1.44. The van der Waals surface area contributed by atoms with Crippen LogP contribution in [-0.4, -0.2) is 43.0 Å². The van der Waals surface area contributed by atoms with Gasteiger partial charge in [0, 0.05) is 18.4 Å². The fraction of sp³-hybridized carbons (Fsp3) is 0.364. The number of hydrogen-bond acceptors (Lipinski definition) is 4. The average Bonchev–Trinajstić information content (AvgIpc) is 3.05. The van der Waals surface area contributed by atoms with Crippen LogP contribution in [0, 0.1) is 5.92 Å². The summed E-state index contributed by atoms with van der Waals surface area (Å²) in [5.41, 5.74) is 4.53. The van der Waals surface area contributed by atoms with Crippen LogP contribution in [0.1, 0.15) is 29.9 Å². The number of hydrogen-bond donors (Lipinski definition) is 2. The van der Waals surface area contributed by atoms with Gasteiger partial charge >= 0.3 is 12.1 Å². The van der Waals surface area contributed by atoms with Crippen LogP contribution in [-0.2, 0) is 14.3 Å². The summed E-state index contributed by atoms with van der Waals surface area (Å²) in [6.45, 7) is 1.13. The lowest BCUT2D eigenvalue weighted by atomic mass is 9.94. The lowest BCUT2D eigenvalue weighted by molar-refractivity contribution is -0.142. The van der Waals surface area contributed by atoms with Crippen molar-refractivity contribution in [3.05, 3.63) is 59.7 Å². The number of fused-ring (bicyclic) bond motifs is 3. The molecule has 1 saturated heterocycles. The number of carbonyl (C=O) groups excluding carboxylic acids is 1. The van der Waals surface area contributed by atoms with Crippen LogP contribution in [0.5, 0.6) is 0 Å². The van der Waals surface area contributed by atoms with Crippen molar-refractivity contribution in [1.82, 2.24) is 5.32 Å². The van der Waals surface area contributed by atoms with Crippen LogP contribution >= 0.6 is 0 Å². The second kappa shape index (κ2) is 8.02. The van der Waals surface area contributed by atoms with E-state index in [-0.39, 0.29) is 18.4 Å². The first kappa shape index (κ1) is 18.5. The van der Waals surface area contributed by atoms with Gasteiger partial charge in [0.05, 0.1) is 6.61 Å². The van der Waals surface area contributed by atoms with Crippen molar-refractivity contribution in [2.75, 3.05) is 19.8 Å². The van der Waals surface area contributed by atoms with E-state index in [1.807, 2.05) is 36.4 Å². The maximum atomic E-state index is 12.3. The summed E-state index contributed by atoms with van der Waals surface area (Å²) in [4.78, 5) is 23.9. The van der Waals surface area contributed by atoms with Crippen molar-refractivity contribution in [2.45, 2.75) is 24.8 Å². The molecule has 2 aromatic rings. The van der Waals surface area contributed by atoms with E-state index in [0.717, 1.165) is 28.7 Å². The zero-order valence-electron chi connectivity index (χ0n) is 15.5. The summed E-state index contributed by atoms with van der Waals surface area (Å²) in [6.07, 6.45) is 0.793. The number of aliphatic carboxylic acids is 1. The molecular formula is C22H23NO5. The average molecular weight is 381 g/mol. The van der Waals surface area contributed by atoms with Gasteiger partial charge in [-0.3, -0.25) is 0 Å². The van der Waals surface area contributed by atoms with E-state index in [1.165, 1.54) is 0 Å². The van der Waals surface area contributed by atoms with E-state index >= 15 is 0 Å². The number of amides is 1. The van der Waals surface area contributed by atoms with Gasteiger partial charge in [-0.15, -0.1) is 0 Å². The highest BCUT2D eigenvalue weighted by Gasteiger charge is 2.33. The second-order valence-electron chi connectivity index (χ2n) is 7.26. The molecule has 0 saturated carbocycles. The smallest absolute Gasteiger partial charge is 0.407 e. The lowest BCUT2D eigenvalue weighted by Gasteiger charge is -2.28. The van der Waals surface area contributed by atoms with E-state index in [1.54, 1.807) is 0 Å². The maximum Gasteiger partial charge on any atom is 0.407 e. The third-order valence-corrected chi connectivity index (χ3v) is 5.55. The highest BCUT2D eigenvalue weighted by Crippen LogP contribution is 2.44. The van der Waals surface area contributed by atoms with Gasteiger partial charge in [0.1, 0.15) is 12.6 Å². The molecule has 2 atom stereocenters. The molecule has 1 amide bonds. The van der Waals surface area contributed by atoms with Gasteiger partial charge in [-0.1, -0.05) is 48.5 Å². The molecule has 0 bridgehead atoms. The van der Waals surface area contributed by atoms with Crippen molar-refractivity contribution in [3.8, 4) is 11.1 Å². The van der Waals surface area contributed by atoms with Crippen molar-refractivity contribution in [2.24, 2.45) is 5.92 Å². The summed E-state index contributed by atoms with van der Waals surface area (Å²) in [5, 5.41) is 12.0. The highest BCUT2D eigenvalue weighted by atomic mass is 16.5. The summed E-state index contributed by atoms with van der Waals surface area (Å²) in [6, 6.07) is 15.2. The zero-order chi connectivity index (χ0) is 19.5. The number of carboxylic acids is 1. The number of carboxylic acid groups (broad SMARTS) is 1. The summed E-state index contributed by atoms with van der Waals surface area (Å²) < 4.78 is 10.8. The third kappa shape index (κ3) is 3.60. The van der Waals surface area contributed by atoms with Crippen LogP contribution in [0.15, 0.2) is 48.5 Å². The van der Waals surface area contributed by atoms with Crippen LogP contribution < -0.4 is 5.32 Å². The molecule has 2 unspecified atom stereocenters. The van der Waals surface area contributed by atoms with Gasteiger partial charge in [-0.2, -0.15) is 0 Å². The Bertz CT molecular complexity index is 829. The number of carbonyl (C=O) groups is 2. The van der Waals surface area contributed by atoms with E-state index in [2.05, 4.69) is 17.4 Å². The Kier molecular flexibility index (Phi) is 5.30. The molecule has 2 N–H and O–H groups in total. The number of nitrogens with one attached hydrogen (secondary N) is 1. The summed E-state index contributed by atoms with van der Waals surface area (Å²) >= 11 is 0. The predicted molar refractivity (Wildman–Crippen MR) is 103 cm³/mol. The lowest BCUT2D eigenvalue weighted by Crippen LogP contribution is -2.48. The number of rotatable bonds is 5. The van der Waals surface area contributed by atoms with Crippen molar-refractivity contribution >= 4 is 12.1 Å².